The van der Waals surface area contributed by atoms with Gasteiger partial charge in [-0.25, -0.2) is 0 Å². The fourth-order valence-corrected chi connectivity index (χ4v) is 1.26. The van der Waals surface area contributed by atoms with E-state index in [4.69, 9.17) is 0 Å². The molecule has 17 heavy (non-hydrogen) atoms. The highest BCUT2D eigenvalue weighted by Crippen LogP contribution is 2.04. The lowest BCUT2D eigenvalue weighted by molar-refractivity contribution is -0.121. The third-order valence-electron chi connectivity index (χ3n) is 1.98. The molecule has 0 radical (unpaired) electrons. The van der Waals surface area contributed by atoms with E-state index in [2.05, 4.69) is 35.4 Å². The molecule has 0 rings (SSSR count). The van der Waals surface area contributed by atoms with E-state index in [1.807, 2.05) is 0 Å². The normalized spacial score (nSPS) is 9.53. The standard InChI is InChI=1S/C11H21N3O2S/c1-9(13-14-10(2)15)5-3-4-6-11(16)12-7-8-17/h13,17H,1,3-8H2,2H3,(H,12,16)(H,14,15). The first-order chi connectivity index (χ1) is 8.06. The number of hydrogen-bond donors (Lipinski definition) is 4. The van der Waals surface area contributed by atoms with E-state index in [1.54, 1.807) is 0 Å². The van der Waals surface area contributed by atoms with Gasteiger partial charge in [0.05, 0.1) is 0 Å². The number of rotatable bonds is 9. The molecule has 0 saturated carbocycles. The van der Waals surface area contributed by atoms with Gasteiger partial charge in [-0.2, -0.15) is 12.6 Å². The minimum absolute atomic E-state index is 0.0551. The molecule has 2 amide bonds. The highest BCUT2D eigenvalue weighted by molar-refractivity contribution is 7.80. The fourth-order valence-electron chi connectivity index (χ4n) is 1.15. The Morgan fingerprint density at radius 2 is 1.82 bits per heavy atom. The number of carbonyl (C=O) groups excluding carboxylic acids is 2. The van der Waals surface area contributed by atoms with Crippen molar-refractivity contribution >= 4 is 24.4 Å². The van der Waals surface area contributed by atoms with Crippen LogP contribution in [0.2, 0.25) is 0 Å². The van der Waals surface area contributed by atoms with Crippen molar-refractivity contribution in [1.82, 2.24) is 16.2 Å². The van der Waals surface area contributed by atoms with Crippen molar-refractivity contribution in [2.24, 2.45) is 0 Å². The van der Waals surface area contributed by atoms with Gasteiger partial charge in [-0.15, -0.1) is 0 Å². The van der Waals surface area contributed by atoms with E-state index in [1.165, 1.54) is 6.92 Å². The summed E-state index contributed by atoms with van der Waals surface area (Å²) >= 11 is 4.00. The molecule has 0 bridgehead atoms. The van der Waals surface area contributed by atoms with Gasteiger partial charge >= 0.3 is 0 Å². The van der Waals surface area contributed by atoms with Crippen LogP contribution in [0.5, 0.6) is 0 Å². The Labute approximate surface area is 108 Å². The fraction of sp³-hybridized carbons (Fsp3) is 0.636. The second kappa shape index (κ2) is 10.0. The van der Waals surface area contributed by atoms with Gasteiger partial charge in [-0.3, -0.25) is 15.0 Å². The molecule has 3 N–H and O–H groups in total. The molecule has 0 aromatic rings. The van der Waals surface area contributed by atoms with E-state index in [0.717, 1.165) is 25.0 Å². The molecular weight excluding hydrogens is 238 g/mol. The van der Waals surface area contributed by atoms with Gasteiger partial charge in [0.15, 0.2) is 0 Å². The molecule has 6 heteroatoms. The average Bonchev–Trinajstić information content (AvgIpc) is 2.29. The van der Waals surface area contributed by atoms with Crippen LogP contribution in [0.3, 0.4) is 0 Å². The zero-order chi connectivity index (χ0) is 13.1. The topological polar surface area (TPSA) is 70.2 Å². The molecule has 0 aromatic carbocycles. The van der Waals surface area contributed by atoms with Crippen molar-refractivity contribution in [2.45, 2.75) is 32.6 Å². The summed E-state index contributed by atoms with van der Waals surface area (Å²) < 4.78 is 0. The second-order valence-corrected chi connectivity index (χ2v) is 4.14. The zero-order valence-electron chi connectivity index (χ0n) is 10.2. The molecule has 0 aliphatic carbocycles. The Morgan fingerprint density at radius 3 is 2.41 bits per heavy atom. The van der Waals surface area contributed by atoms with Gasteiger partial charge in [0, 0.05) is 31.3 Å². The van der Waals surface area contributed by atoms with Gasteiger partial charge in [-0.05, 0) is 19.3 Å². The number of amides is 2. The first-order valence-electron chi connectivity index (χ1n) is 5.64. The molecule has 0 unspecified atom stereocenters. The van der Waals surface area contributed by atoms with E-state index in [-0.39, 0.29) is 11.8 Å². The molecule has 0 aliphatic heterocycles. The minimum atomic E-state index is -0.155. The number of hydrazine groups is 1. The summed E-state index contributed by atoms with van der Waals surface area (Å²) in [6, 6.07) is 0. The largest absolute Gasteiger partial charge is 0.355 e. The molecule has 0 aromatic heterocycles. The van der Waals surface area contributed by atoms with Gasteiger partial charge in [0.25, 0.3) is 0 Å². The number of carbonyl (C=O) groups is 2. The average molecular weight is 259 g/mol. The van der Waals surface area contributed by atoms with Gasteiger partial charge in [0.2, 0.25) is 11.8 Å². The Bertz CT molecular complexity index is 269. The van der Waals surface area contributed by atoms with Gasteiger partial charge in [0.1, 0.15) is 0 Å². The third-order valence-corrected chi connectivity index (χ3v) is 2.21. The van der Waals surface area contributed by atoms with Crippen LogP contribution in [0.15, 0.2) is 12.3 Å². The summed E-state index contributed by atoms with van der Waals surface area (Å²) in [5.74, 6) is 0.556. The van der Waals surface area contributed by atoms with E-state index >= 15 is 0 Å². The number of nitrogens with one attached hydrogen (secondary N) is 3. The van der Waals surface area contributed by atoms with E-state index in [0.29, 0.717) is 18.7 Å². The Kier molecular flexibility index (Phi) is 9.33. The van der Waals surface area contributed by atoms with Crippen molar-refractivity contribution in [3.05, 3.63) is 12.3 Å². The van der Waals surface area contributed by atoms with Gasteiger partial charge < -0.3 is 10.7 Å². The molecule has 98 valence electrons. The van der Waals surface area contributed by atoms with E-state index in [9.17, 15) is 9.59 Å². The summed E-state index contributed by atoms with van der Waals surface area (Å²) in [5, 5.41) is 2.75. The first kappa shape index (κ1) is 15.8. The van der Waals surface area contributed by atoms with Crippen LogP contribution >= 0.6 is 12.6 Å². The van der Waals surface area contributed by atoms with Crippen molar-refractivity contribution in [1.29, 1.82) is 0 Å². The van der Waals surface area contributed by atoms with Crippen LogP contribution in [0, 0.1) is 0 Å². The number of allylic oxidation sites excluding steroid dienone is 1. The maximum atomic E-state index is 11.2. The van der Waals surface area contributed by atoms with Crippen LogP contribution < -0.4 is 16.2 Å². The maximum absolute atomic E-state index is 11.2. The molecule has 0 aliphatic rings. The predicted octanol–water partition coefficient (Wildman–Crippen LogP) is 0.747. The van der Waals surface area contributed by atoms with E-state index < -0.39 is 0 Å². The monoisotopic (exact) mass is 259 g/mol. The van der Waals surface area contributed by atoms with Crippen molar-refractivity contribution in [3.63, 3.8) is 0 Å². The molecule has 5 nitrogen and oxygen atoms in total. The predicted molar refractivity (Wildman–Crippen MR) is 71.4 cm³/mol. The SMILES string of the molecule is C=C(CCCCC(=O)NCCS)NNC(C)=O. The number of unbranched alkanes of at least 4 members (excludes halogenated alkanes) is 1. The highest BCUT2D eigenvalue weighted by atomic mass is 32.1. The minimum Gasteiger partial charge on any atom is -0.355 e. The summed E-state index contributed by atoms with van der Waals surface area (Å²) in [4.78, 5) is 21.8. The molecule has 0 fully saturated rings. The van der Waals surface area contributed by atoms with Crippen molar-refractivity contribution in [2.75, 3.05) is 12.3 Å². The van der Waals surface area contributed by atoms with Crippen molar-refractivity contribution in [3.8, 4) is 0 Å². The molecule has 0 atom stereocenters. The Morgan fingerprint density at radius 1 is 1.18 bits per heavy atom. The lowest BCUT2D eigenvalue weighted by Crippen LogP contribution is -2.34. The summed E-state index contributed by atoms with van der Waals surface area (Å²) in [6.07, 6.45) is 2.92. The lowest BCUT2D eigenvalue weighted by atomic mass is 10.1. The first-order valence-corrected chi connectivity index (χ1v) is 6.27. The molecular formula is C11H21N3O2S. The third kappa shape index (κ3) is 11.1. The second-order valence-electron chi connectivity index (χ2n) is 3.69. The Hall–Kier alpha value is -1.17. The molecule has 0 spiro atoms. The smallest absolute Gasteiger partial charge is 0.235 e. The quantitative estimate of drug-likeness (QED) is 0.280. The number of hydrogen-bond acceptors (Lipinski definition) is 4. The molecule has 0 saturated heterocycles. The van der Waals surface area contributed by atoms with Crippen LogP contribution in [0.25, 0.3) is 0 Å². The van der Waals surface area contributed by atoms with Crippen LogP contribution in [-0.4, -0.2) is 24.1 Å². The Balaban J connectivity index is 3.41. The summed E-state index contributed by atoms with van der Waals surface area (Å²) in [7, 11) is 0. The van der Waals surface area contributed by atoms with Crippen LogP contribution in [0.4, 0.5) is 0 Å². The molecule has 0 heterocycles. The highest BCUT2D eigenvalue weighted by Gasteiger charge is 2.00. The van der Waals surface area contributed by atoms with Crippen LogP contribution in [-0.2, 0) is 9.59 Å². The van der Waals surface area contributed by atoms with Crippen LogP contribution in [0.1, 0.15) is 32.6 Å². The maximum Gasteiger partial charge on any atom is 0.235 e. The zero-order valence-corrected chi connectivity index (χ0v) is 11.1. The summed E-state index contributed by atoms with van der Waals surface area (Å²) in [5.41, 5.74) is 5.89. The van der Waals surface area contributed by atoms with Gasteiger partial charge in [-0.1, -0.05) is 6.58 Å². The summed E-state index contributed by atoms with van der Waals surface area (Å²) in [6.45, 7) is 5.79. The number of thiol groups is 1. The lowest BCUT2D eigenvalue weighted by Gasteiger charge is -2.09. The van der Waals surface area contributed by atoms with Crippen molar-refractivity contribution < 1.29 is 9.59 Å².